The van der Waals surface area contributed by atoms with Crippen LogP contribution in [0, 0.1) is 0 Å². The summed E-state index contributed by atoms with van der Waals surface area (Å²) in [5, 5.41) is 14.3. The molecule has 18 heavy (non-hydrogen) atoms. The van der Waals surface area contributed by atoms with Crippen LogP contribution in [0.15, 0.2) is 30.5 Å². The molecule has 0 spiro atoms. The Labute approximate surface area is 112 Å². The van der Waals surface area contributed by atoms with Crippen molar-refractivity contribution >= 4 is 22.5 Å². The molecule has 2 aromatic rings. The summed E-state index contributed by atoms with van der Waals surface area (Å²) in [7, 11) is 0. The van der Waals surface area contributed by atoms with Crippen molar-refractivity contribution in [1.29, 1.82) is 0 Å². The van der Waals surface area contributed by atoms with Crippen molar-refractivity contribution in [3.05, 3.63) is 41.0 Å². The Morgan fingerprint density at radius 2 is 2.28 bits per heavy atom. The van der Waals surface area contributed by atoms with Crippen LogP contribution in [-0.4, -0.2) is 22.7 Å². The Kier molecular flexibility index (Phi) is 4.53. The van der Waals surface area contributed by atoms with Crippen molar-refractivity contribution in [3.8, 4) is 0 Å². The topological polar surface area (TPSA) is 45.1 Å². The third-order valence-electron chi connectivity index (χ3n) is 2.80. The SMILES string of the molecule is CC(O)CCNCc1cc(Cl)cc2cccnc12. The zero-order valence-electron chi connectivity index (χ0n) is 10.4. The molecule has 2 N–H and O–H groups in total. The quantitative estimate of drug-likeness (QED) is 0.817. The van der Waals surface area contributed by atoms with Crippen LogP contribution >= 0.6 is 11.6 Å². The van der Waals surface area contributed by atoms with E-state index in [4.69, 9.17) is 11.6 Å². The molecule has 0 radical (unpaired) electrons. The van der Waals surface area contributed by atoms with E-state index in [1.807, 2.05) is 24.3 Å². The summed E-state index contributed by atoms with van der Waals surface area (Å²) in [6.45, 7) is 3.28. The van der Waals surface area contributed by atoms with Gasteiger partial charge in [-0.25, -0.2) is 0 Å². The Balaban J connectivity index is 2.12. The number of pyridine rings is 1. The fraction of sp³-hybridized carbons (Fsp3) is 0.357. The van der Waals surface area contributed by atoms with Crippen molar-refractivity contribution in [2.45, 2.75) is 26.0 Å². The molecule has 3 nitrogen and oxygen atoms in total. The zero-order valence-corrected chi connectivity index (χ0v) is 11.1. The summed E-state index contributed by atoms with van der Waals surface area (Å²) in [6, 6.07) is 7.77. The summed E-state index contributed by atoms with van der Waals surface area (Å²) in [5.74, 6) is 0. The van der Waals surface area contributed by atoms with Gasteiger partial charge in [-0.05, 0) is 43.7 Å². The van der Waals surface area contributed by atoms with Crippen LogP contribution in [0.3, 0.4) is 0 Å². The number of hydrogen-bond acceptors (Lipinski definition) is 3. The van der Waals surface area contributed by atoms with Gasteiger partial charge in [0.1, 0.15) is 0 Å². The highest BCUT2D eigenvalue weighted by atomic mass is 35.5. The molecule has 1 aromatic carbocycles. The molecule has 0 aliphatic carbocycles. The van der Waals surface area contributed by atoms with E-state index in [0.29, 0.717) is 6.54 Å². The maximum Gasteiger partial charge on any atom is 0.0747 e. The third-order valence-corrected chi connectivity index (χ3v) is 3.02. The molecule has 0 aliphatic rings. The molecular weight excluding hydrogens is 248 g/mol. The maximum absolute atomic E-state index is 9.19. The smallest absolute Gasteiger partial charge is 0.0747 e. The highest BCUT2D eigenvalue weighted by molar-refractivity contribution is 6.31. The Bertz CT molecular complexity index is 528. The van der Waals surface area contributed by atoms with Gasteiger partial charge in [0.05, 0.1) is 11.6 Å². The molecule has 0 saturated heterocycles. The van der Waals surface area contributed by atoms with E-state index in [2.05, 4.69) is 10.3 Å². The first-order valence-electron chi connectivity index (χ1n) is 6.09. The first kappa shape index (κ1) is 13.3. The van der Waals surface area contributed by atoms with Gasteiger partial charge < -0.3 is 10.4 Å². The number of hydrogen-bond donors (Lipinski definition) is 2. The number of fused-ring (bicyclic) bond motifs is 1. The molecule has 0 bridgehead atoms. The fourth-order valence-electron chi connectivity index (χ4n) is 1.90. The molecule has 1 atom stereocenters. The van der Waals surface area contributed by atoms with E-state index in [1.54, 1.807) is 13.1 Å². The molecule has 0 aliphatic heterocycles. The first-order valence-corrected chi connectivity index (χ1v) is 6.46. The summed E-state index contributed by atoms with van der Waals surface area (Å²) in [4.78, 5) is 4.39. The molecule has 0 fully saturated rings. The van der Waals surface area contributed by atoms with Gasteiger partial charge in [0.2, 0.25) is 0 Å². The number of nitrogens with zero attached hydrogens (tertiary/aromatic N) is 1. The highest BCUT2D eigenvalue weighted by Crippen LogP contribution is 2.22. The van der Waals surface area contributed by atoms with E-state index >= 15 is 0 Å². The third kappa shape index (κ3) is 3.42. The van der Waals surface area contributed by atoms with Crippen LogP contribution < -0.4 is 5.32 Å². The van der Waals surface area contributed by atoms with Crippen molar-refractivity contribution < 1.29 is 5.11 Å². The molecular formula is C14H17ClN2O. The Morgan fingerprint density at radius 1 is 1.44 bits per heavy atom. The summed E-state index contributed by atoms with van der Waals surface area (Å²) < 4.78 is 0. The minimum atomic E-state index is -0.272. The molecule has 0 amide bonds. The Hall–Kier alpha value is -1.16. The van der Waals surface area contributed by atoms with Gasteiger partial charge in [-0.3, -0.25) is 4.98 Å². The number of aliphatic hydroxyl groups excluding tert-OH is 1. The number of benzene rings is 1. The average molecular weight is 265 g/mol. The largest absolute Gasteiger partial charge is 0.393 e. The highest BCUT2D eigenvalue weighted by Gasteiger charge is 2.04. The average Bonchev–Trinajstić information content (AvgIpc) is 2.34. The predicted molar refractivity (Wildman–Crippen MR) is 74.8 cm³/mol. The van der Waals surface area contributed by atoms with E-state index in [1.165, 1.54) is 0 Å². The molecule has 4 heteroatoms. The van der Waals surface area contributed by atoms with Crippen molar-refractivity contribution in [2.24, 2.45) is 0 Å². The molecule has 0 saturated carbocycles. The summed E-state index contributed by atoms with van der Waals surface area (Å²) in [6.07, 6.45) is 2.26. The van der Waals surface area contributed by atoms with Crippen LogP contribution in [-0.2, 0) is 6.54 Å². The van der Waals surface area contributed by atoms with Crippen molar-refractivity contribution in [3.63, 3.8) is 0 Å². The second kappa shape index (κ2) is 6.14. The molecule has 1 unspecified atom stereocenters. The van der Waals surface area contributed by atoms with E-state index in [-0.39, 0.29) is 6.10 Å². The van der Waals surface area contributed by atoms with E-state index < -0.39 is 0 Å². The van der Waals surface area contributed by atoms with Gasteiger partial charge in [-0.1, -0.05) is 17.7 Å². The molecule has 2 rings (SSSR count). The van der Waals surface area contributed by atoms with Gasteiger partial charge in [0, 0.05) is 23.2 Å². The molecule has 1 heterocycles. The monoisotopic (exact) mass is 264 g/mol. The second-order valence-electron chi connectivity index (χ2n) is 4.45. The van der Waals surface area contributed by atoms with Crippen molar-refractivity contribution in [2.75, 3.05) is 6.54 Å². The number of aliphatic hydroxyl groups is 1. The van der Waals surface area contributed by atoms with Crippen LogP contribution in [0.2, 0.25) is 5.02 Å². The number of nitrogens with one attached hydrogen (secondary N) is 1. The van der Waals surface area contributed by atoms with Gasteiger partial charge in [0.25, 0.3) is 0 Å². The normalized spacial score (nSPS) is 12.8. The lowest BCUT2D eigenvalue weighted by Gasteiger charge is -2.09. The van der Waals surface area contributed by atoms with Gasteiger partial charge in [0.15, 0.2) is 0 Å². The lowest BCUT2D eigenvalue weighted by atomic mass is 10.1. The van der Waals surface area contributed by atoms with Gasteiger partial charge in [-0.15, -0.1) is 0 Å². The number of aromatic nitrogens is 1. The zero-order chi connectivity index (χ0) is 13.0. The van der Waals surface area contributed by atoms with Crippen LogP contribution in [0.4, 0.5) is 0 Å². The molecule has 96 valence electrons. The van der Waals surface area contributed by atoms with Gasteiger partial charge >= 0.3 is 0 Å². The lowest BCUT2D eigenvalue weighted by molar-refractivity contribution is 0.183. The number of rotatable bonds is 5. The predicted octanol–water partition coefficient (Wildman–Crippen LogP) is 2.75. The Morgan fingerprint density at radius 3 is 3.06 bits per heavy atom. The minimum absolute atomic E-state index is 0.272. The van der Waals surface area contributed by atoms with Crippen molar-refractivity contribution in [1.82, 2.24) is 10.3 Å². The fourth-order valence-corrected chi connectivity index (χ4v) is 2.15. The molecule has 1 aromatic heterocycles. The summed E-state index contributed by atoms with van der Waals surface area (Å²) >= 11 is 6.09. The number of halogens is 1. The van der Waals surface area contributed by atoms with Crippen LogP contribution in [0.25, 0.3) is 10.9 Å². The first-order chi connectivity index (χ1) is 8.66. The second-order valence-corrected chi connectivity index (χ2v) is 4.89. The lowest BCUT2D eigenvalue weighted by Crippen LogP contribution is -2.18. The van der Waals surface area contributed by atoms with E-state index in [0.717, 1.165) is 34.5 Å². The summed E-state index contributed by atoms with van der Waals surface area (Å²) in [5.41, 5.74) is 2.06. The van der Waals surface area contributed by atoms with Gasteiger partial charge in [-0.2, -0.15) is 0 Å². The maximum atomic E-state index is 9.19. The van der Waals surface area contributed by atoms with Crippen LogP contribution in [0.1, 0.15) is 18.9 Å². The van der Waals surface area contributed by atoms with Crippen LogP contribution in [0.5, 0.6) is 0 Å². The standard InChI is InChI=1S/C14H17ClN2O/c1-10(18)4-6-16-9-12-8-13(15)7-11-3-2-5-17-14(11)12/h2-3,5,7-8,10,16,18H,4,6,9H2,1H3. The van der Waals surface area contributed by atoms with E-state index in [9.17, 15) is 5.11 Å². The minimum Gasteiger partial charge on any atom is -0.393 e.